The third kappa shape index (κ3) is 3.52. The average molecular weight is 385 g/mol. The summed E-state index contributed by atoms with van der Waals surface area (Å²) in [5.41, 5.74) is 1.44. The van der Waals surface area contributed by atoms with Crippen LogP contribution in [-0.2, 0) is 17.9 Å². The van der Waals surface area contributed by atoms with Crippen molar-refractivity contribution in [2.75, 3.05) is 0 Å². The van der Waals surface area contributed by atoms with Crippen molar-refractivity contribution in [3.8, 4) is 11.5 Å². The summed E-state index contributed by atoms with van der Waals surface area (Å²) in [4.78, 5) is 14.0. The second-order valence-corrected chi connectivity index (χ2v) is 7.76. The fourth-order valence-corrected chi connectivity index (χ4v) is 3.87. The van der Waals surface area contributed by atoms with Crippen LogP contribution in [0.15, 0.2) is 39.5 Å². The summed E-state index contributed by atoms with van der Waals surface area (Å²) in [6.45, 7) is 7.08. The number of carbonyl (C=O) groups excluding carboxylic acids is 1. The molecule has 0 aromatic carbocycles. The lowest BCUT2D eigenvalue weighted by Crippen LogP contribution is -2.06. The fourth-order valence-electron chi connectivity index (χ4n) is 2.81. The Hall–Kier alpha value is -2.87. The Bertz CT molecular complexity index is 1070. The van der Waals surface area contributed by atoms with E-state index in [-0.39, 0.29) is 12.6 Å². The summed E-state index contributed by atoms with van der Waals surface area (Å²) >= 11 is 1.40. The van der Waals surface area contributed by atoms with Crippen molar-refractivity contribution in [1.82, 2.24) is 14.9 Å². The lowest BCUT2D eigenvalue weighted by Gasteiger charge is -2.04. The number of ether oxygens (including phenoxy) is 1. The Balaban J connectivity index is 1.47. The Morgan fingerprint density at radius 3 is 2.93 bits per heavy atom. The van der Waals surface area contributed by atoms with Gasteiger partial charge in [0.05, 0.1) is 12.0 Å². The van der Waals surface area contributed by atoms with E-state index in [2.05, 4.69) is 24.1 Å². The summed E-state index contributed by atoms with van der Waals surface area (Å²) in [6.07, 6.45) is 1.56. The molecule has 0 fully saturated rings. The Labute approximate surface area is 159 Å². The van der Waals surface area contributed by atoms with Crippen LogP contribution in [0.4, 0.5) is 0 Å². The first kappa shape index (κ1) is 17.5. The number of carbonyl (C=O) groups is 1. The van der Waals surface area contributed by atoms with Gasteiger partial charge in [-0.2, -0.15) is 5.10 Å². The van der Waals surface area contributed by atoms with Gasteiger partial charge in [-0.15, -0.1) is 11.3 Å². The predicted molar refractivity (Wildman–Crippen MR) is 101 cm³/mol. The van der Waals surface area contributed by atoms with Gasteiger partial charge >= 0.3 is 5.97 Å². The number of fused-ring (bicyclic) bond motifs is 1. The van der Waals surface area contributed by atoms with Crippen molar-refractivity contribution in [2.45, 2.75) is 33.9 Å². The van der Waals surface area contributed by atoms with Crippen LogP contribution < -0.4 is 0 Å². The number of hydrogen-bond acceptors (Lipinski definition) is 7. The van der Waals surface area contributed by atoms with Crippen molar-refractivity contribution in [3.05, 3.63) is 46.8 Å². The molecule has 4 aromatic rings. The SMILES string of the molecule is Cc1nn(CC(C)C)c2sc(C(=O)OCc3cc(-c4ccco4)on3)cc12. The molecule has 7 nitrogen and oxygen atoms in total. The van der Waals surface area contributed by atoms with Gasteiger partial charge in [0, 0.05) is 18.0 Å². The molecule has 4 aromatic heterocycles. The van der Waals surface area contributed by atoms with Crippen molar-refractivity contribution in [2.24, 2.45) is 5.92 Å². The van der Waals surface area contributed by atoms with Crippen molar-refractivity contribution < 1.29 is 18.5 Å². The molecular weight excluding hydrogens is 366 g/mol. The first-order valence-corrected chi connectivity index (χ1v) is 9.46. The molecule has 0 aliphatic rings. The highest BCUT2D eigenvalue weighted by Gasteiger charge is 2.18. The molecule has 8 heteroatoms. The largest absolute Gasteiger partial charge is 0.461 e. The lowest BCUT2D eigenvalue weighted by atomic mass is 10.2. The molecule has 0 unspecified atom stereocenters. The molecular formula is C19H19N3O4S. The molecule has 0 atom stereocenters. The van der Waals surface area contributed by atoms with Crippen LogP contribution in [0.25, 0.3) is 21.7 Å². The van der Waals surface area contributed by atoms with Gasteiger partial charge in [0.2, 0.25) is 5.76 Å². The number of thiophene rings is 1. The van der Waals surface area contributed by atoms with Gasteiger partial charge in [-0.05, 0) is 31.0 Å². The normalized spacial score (nSPS) is 11.6. The van der Waals surface area contributed by atoms with E-state index >= 15 is 0 Å². The molecule has 0 aliphatic heterocycles. The van der Waals surface area contributed by atoms with Crippen LogP contribution in [-0.4, -0.2) is 20.9 Å². The lowest BCUT2D eigenvalue weighted by molar-refractivity contribution is 0.0470. The number of nitrogens with zero attached hydrogens (tertiary/aromatic N) is 3. The zero-order valence-corrected chi connectivity index (χ0v) is 16.1. The average Bonchev–Trinajstić information content (AvgIpc) is 3.40. The zero-order valence-electron chi connectivity index (χ0n) is 15.3. The topological polar surface area (TPSA) is 83.3 Å². The highest BCUT2D eigenvalue weighted by Crippen LogP contribution is 2.29. The third-order valence-electron chi connectivity index (χ3n) is 4.02. The van der Waals surface area contributed by atoms with Crippen molar-refractivity contribution in [3.63, 3.8) is 0 Å². The summed E-state index contributed by atoms with van der Waals surface area (Å²) in [6, 6.07) is 7.08. The van der Waals surface area contributed by atoms with E-state index < -0.39 is 0 Å². The first-order chi connectivity index (χ1) is 13.0. The Morgan fingerprint density at radius 2 is 2.19 bits per heavy atom. The van der Waals surface area contributed by atoms with Gasteiger partial charge in [0.15, 0.2) is 5.76 Å². The minimum absolute atomic E-state index is 0.0361. The van der Waals surface area contributed by atoms with Gasteiger partial charge in [0.25, 0.3) is 0 Å². The Morgan fingerprint density at radius 1 is 1.33 bits per heavy atom. The Kier molecular flexibility index (Phi) is 4.57. The standard InChI is InChI=1S/C19H19N3O4S/c1-11(2)9-22-18-14(12(3)20-22)8-17(27-18)19(23)25-10-13-7-16(26-21-13)15-5-4-6-24-15/h4-8,11H,9-10H2,1-3H3. The molecule has 4 rings (SSSR count). The molecule has 0 bridgehead atoms. The molecule has 0 radical (unpaired) electrons. The minimum Gasteiger partial charge on any atom is -0.461 e. The molecule has 0 N–H and O–H groups in total. The van der Waals surface area contributed by atoms with Gasteiger partial charge in [-0.1, -0.05) is 19.0 Å². The van der Waals surface area contributed by atoms with Crippen LogP contribution in [0.2, 0.25) is 0 Å². The number of hydrogen-bond donors (Lipinski definition) is 0. The molecule has 0 aliphatic carbocycles. The maximum atomic E-state index is 12.4. The van der Waals surface area contributed by atoms with Crippen LogP contribution in [0.1, 0.15) is 34.9 Å². The van der Waals surface area contributed by atoms with E-state index in [1.165, 1.54) is 11.3 Å². The van der Waals surface area contributed by atoms with Crippen LogP contribution >= 0.6 is 11.3 Å². The zero-order chi connectivity index (χ0) is 19.0. The monoisotopic (exact) mass is 385 g/mol. The number of aromatic nitrogens is 3. The smallest absolute Gasteiger partial charge is 0.348 e. The summed E-state index contributed by atoms with van der Waals surface area (Å²) in [5.74, 6) is 1.17. The molecule has 27 heavy (non-hydrogen) atoms. The predicted octanol–water partition coefficient (Wildman–Crippen LogP) is 4.67. The highest BCUT2D eigenvalue weighted by atomic mass is 32.1. The van der Waals surface area contributed by atoms with E-state index in [4.69, 9.17) is 13.7 Å². The molecule has 0 saturated carbocycles. The maximum absolute atomic E-state index is 12.4. The van der Waals surface area contributed by atoms with E-state index in [0.717, 1.165) is 22.5 Å². The molecule has 0 amide bonds. The summed E-state index contributed by atoms with van der Waals surface area (Å²) in [7, 11) is 0. The number of furan rings is 1. The van der Waals surface area contributed by atoms with Crippen LogP contribution in [0.5, 0.6) is 0 Å². The third-order valence-corrected chi connectivity index (χ3v) is 5.15. The summed E-state index contributed by atoms with van der Waals surface area (Å²) in [5, 5.41) is 9.46. The van der Waals surface area contributed by atoms with Crippen LogP contribution in [0, 0.1) is 12.8 Å². The highest BCUT2D eigenvalue weighted by molar-refractivity contribution is 7.20. The van der Waals surface area contributed by atoms with Gasteiger partial charge < -0.3 is 13.7 Å². The quantitative estimate of drug-likeness (QED) is 0.449. The van der Waals surface area contributed by atoms with E-state index in [1.807, 2.05) is 17.7 Å². The van der Waals surface area contributed by atoms with Crippen molar-refractivity contribution in [1.29, 1.82) is 0 Å². The summed E-state index contributed by atoms with van der Waals surface area (Å²) < 4.78 is 17.8. The first-order valence-electron chi connectivity index (χ1n) is 8.65. The second kappa shape index (κ2) is 7.03. The van der Waals surface area contributed by atoms with E-state index in [9.17, 15) is 4.79 Å². The van der Waals surface area contributed by atoms with Gasteiger partial charge in [-0.3, -0.25) is 4.68 Å². The number of rotatable bonds is 6. The molecule has 140 valence electrons. The minimum atomic E-state index is -0.380. The fraction of sp³-hybridized carbons (Fsp3) is 0.316. The maximum Gasteiger partial charge on any atom is 0.348 e. The molecule has 0 spiro atoms. The van der Waals surface area contributed by atoms with Gasteiger partial charge in [-0.25, -0.2) is 4.79 Å². The molecule has 4 heterocycles. The second-order valence-electron chi connectivity index (χ2n) is 6.73. The number of aryl methyl sites for hydroxylation is 1. The number of esters is 1. The van der Waals surface area contributed by atoms with E-state index in [0.29, 0.717) is 28.0 Å². The van der Waals surface area contributed by atoms with Crippen LogP contribution in [0.3, 0.4) is 0 Å². The van der Waals surface area contributed by atoms with Crippen molar-refractivity contribution >= 4 is 27.5 Å². The van der Waals surface area contributed by atoms with Gasteiger partial charge in [0.1, 0.15) is 22.0 Å². The van der Waals surface area contributed by atoms with E-state index in [1.54, 1.807) is 24.5 Å². The molecule has 0 saturated heterocycles.